The van der Waals surface area contributed by atoms with Gasteiger partial charge in [0.25, 0.3) is 0 Å². The number of hydrogen-bond acceptors (Lipinski definition) is 4. The third-order valence-corrected chi connectivity index (χ3v) is 4.84. The number of anilines is 1. The Balaban J connectivity index is 2.39. The molecule has 3 N–H and O–H groups in total. The lowest BCUT2D eigenvalue weighted by molar-refractivity contribution is -0.118. The maximum absolute atomic E-state index is 11.3. The van der Waals surface area contributed by atoms with E-state index in [1.165, 1.54) is 6.92 Å². The highest BCUT2D eigenvalue weighted by Gasteiger charge is 2.52. The summed E-state index contributed by atoms with van der Waals surface area (Å²) in [5, 5.41) is 3.32. The molecule has 0 atom stereocenters. The standard InChI is InChI=1S/C17H24BClN2O3/c1-11(22)21-10-12(9-13-14(19)7-6-8-15(13)20)18-23-16(2,3)17(4,5)24-18/h6-9H,10,20H2,1-5H3,(H,21,22). The maximum atomic E-state index is 11.3. The van der Waals surface area contributed by atoms with E-state index in [1.54, 1.807) is 18.2 Å². The van der Waals surface area contributed by atoms with Crippen LogP contribution in [0.15, 0.2) is 23.7 Å². The summed E-state index contributed by atoms with van der Waals surface area (Å²) >= 11 is 6.26. The molecule has 1 aromatic carbocycles. The number of nitrogen functional groups attached to an aromatic ring is 1. The van der Waals surface area contributed by atoms with Gasteiger partial charge in [-0.1, -0.05) is 23.7 Å². The van der Waals surface area contributed by atoms with Crippen LogP contribution in [-0.2, 0) is 14.1 Å². The SMILES string of the molecule is CC(=O)NCC(=Cc1c(N)cccc1Cl)B1OC(C)(C)C(C)(C)O1. The number of rotatable bonds is 4. The number of hydrogen-bond donors (Lipinski definition) is 2. The van der Waals surface area contributed by atoms with Crippen molar-refractivity contribution in [3.05, 3.63) is 34.3 Å². The maximum Gasteiger partial charge on any atom is 0.492 e. The van der Waals surface area contributed by atoms with Crippen LogP contribution >= 0.6 is 11.6 Å². The molecule has 0 aromatic heterocycles. The van der Waals surface area contributed by atoms with Crippen molar-refractivity contribution in [2.24, 2.45) is 0 Å². The van der Waals surface area contributed by atoms with E-state index in [0.29, 0.717) is 16.3 Å². The normalized spacial score (nSPS) is 19.4. The van der Waals surface area contributed by atoms with E-state index in [2.05, 4.69) is 5.32 Å². The van der Waals surface area contributed by atoms with E-state index in [-0.39, 0.29) is 12.5 Å². The zero-order chi connectivity index (χ0) is 18.1. The molecule has 7 heteroatoms. The Kier molecular flexibility index (Phi) is 5.33. The van der Waals surface area contributed by atoms with Gasteiger partial charge < -0.3 is 20.4 Å². The second-order valence-corrected chi connectivity index (χ2v) is 7.37. The van der Waals surface area contributed by atoms with Crippen molar-refractivity contribution in [1.29, 1.82) is 0 Å². The van der Waals surface area contributed by atoms with Crippen molar-refractivity contribution in [3.8, 4) is 0 Å². The van der Waals surface area contributed by atoms with Gasteiger partial charge >= 0.3 is 7.12 Å². The van der Waals surface area contributed by atoms with E-state index < -0.39 is 18.3 Å². The first kappa shape index (κ1) is 18.8. The fraction of sp³-hybridized carbons (Fsp3) is 0.471. The fourth-order valence-corrected chi connectivity index (χ4v) is 2.55. The molecule has 1 saturated heterocycles. The third-order valence-electron chi connectivity index (χ3n) is 4.51. The number of amides is 1. The van der Waals surface area contributed by atoms with Gasteiger partial charge in [-0.2, -0.15) is 0 Å². The van der Waals surface area contributed by atoms with E-state index in [9.17, 15) is 4.79 Å². The molecule has 1 fully saturated rings. The Morgan fingerprint density at radius 3 is 2.38 bits per heavy atom. The van der Waals surface area contributed by atoms with Gasteiger partial charge in [-0.25, -0.2) is 0 Å². The molecule has 0 spiro atoms. The number of carbonyl (C=O) groups is 1. The number of nitrogens with two attached hydrogens (primary N) is 1. The predicted octanol–water partition coefficient (Wildman–Crippen LogP) is 3.07. The zero-order valence-corrected chi connectivity index (χ0v) is 15.5. The summed E-state index contributed by atoms with van der Waals surface area (Å²) in [6, 6.07) is 5.33. The summed E-state index contributed by atoms with van der Waals surface area (Å²) in [6.45, 7) is 9.67. The van der Waals surface area contributed by atoms with Gasteiger partial charge in [0.05, 0.1) is 11.2 Å². The molecule has 1 aliphatic heterocycles. The molecular formula is C17H24BClN2O3. The molecule has 130 valence electrons. The second kappa shape index (κ2) is 6.79. The Morgan fingerprint density at radius 2 is 1.88 bits per heavy atom. The molecule has 1 amide bonds. The molecule has 0 radical (unpaired) electrons. The van der Waals surface area contributed by atoms with Crippen LogP contribution in [-0.4, -0.2) is 30.8 Å². The Labute approximate surface area is 148 Å². The summed E-state index contributed by atoms with van der Waals surface area (Å²) in [5.41, 5.74) is 7.08. The van der Waals surface area contributed by atoms with Gasteiger partial charge in [-0.15, -0.1) is 0 Å². The van der Waals surface area contributed by atoms with Gasteiger partial charge in [-0.3, -0.25) is 4.79 Å². The molecule has 5 nitrogen and oxygen atoms in total. The highest BCUT2D eigenvalue weighted by Crippen LogP contribution is 2.39. The predicted molar refractivity (Wildman–Crippen MR) is 98.6 cm³/mol. The van der Waals surface area contributed by atoms with Gasteiger partial charge in [0.15, 0.2) is 0 Å². The number of nitrogens with one attached hydrogen (secondary N) is 1. The first-order valence-electron chi connectivity index (χ1n) is 7.88. The monoisotopic (exact) mass is 350 g/mol. The van der Waals surface area contributed by atoms with Crippen LogP contribution in [0, 0.1) is 0 Å². The third kappa shape index (κ3) is 3.94. The van der Waals surface area contributed by atoms with E-state index in [1.807, 2.05) is 33.8 Å². The number of halogens is 1. The van der Waals surface area contributed by atoms with Crippen LogP contribution in [0.3, 0.4) is 0 Å². The molecule has 1 aliphatic rings. The van der Waals surface area contributed by atoms with Crippen molar-refractivity contribution in [2.75, 3.05) is 12.3 Å². The summed E-state index contributed by atoms with van der Waals surface area (Å²) in [5.74, 6) is -0.135. The van der Waals surface area contributed by atoms with Gasteiger partial charge in [0.1, 0.15) is 0 Å². The Hall–Kier alpha value is -1.50. The molecule has 0 aliphatic carbocycles. The highest BCUT2D eigenvalue weighted by molar-refractivity contribution is 6.56. The van der Waals surface area contributed by atoms with Crippen molar-refractivity contribution in [3.63, 3.8) is 0 Å². The molecule has 0 saturated carbocycles. The fourth-order valence-electron chi connectivity index (χ4n) is 2.31. The highest BCUT2D eigenvalue weighted by atomic mass is 35.5. The minimum absolute atomic E-state index is 0.135. The van der Waals surface area contributed by atoms with Crippen LogP contribution in [0.2, 0.25) is 5.02 Å². The lowest BCUT2D eigenvalue weighted by Crippen LogP contribution is -2.41. The topological polar surface area (TPSA) is 73.6 Å². The smallest absolute Gasteiger partial charge is 0.400 e. The molecule has 2 rings (SSSR count). The van der Waals surface area contributed by atoms with Crippen molar-refractivity contribution < 1.29 is 14.1 Å². The van der Waals surface area contributed by atoms with Gasteiger partial charge in [0.2, 0.25) is 5.91 Å². The van der Waals surface area contributed by atoms with E-state index in [0.717, 1.165) is 5.47 Å². The van der Waals surface area contributed by atoms with Crippen LogP contribution in [0.5, 0.6) is 0 Å². The molecule has 1 aromatic rings. The summed E-state index contributed by atoms with van der Waals surface area (Å²) < 4.78 is 12.2. The first-order valence-corrected chi connectivity index (χ1v) is 8.26. The van der Waals surface area contributed by atoms with Crippen LogP contribution in [0.25, 0.3) is 6.08 Å². The van der Waals surface area contributed by atoms with Crippen LogP contribution in [0.1, 0.15) is 40.2 Å². The Bertz CT molecular complexity index is 638. The van der Waals surface area contributed by atoms with Crippen LogP contribution in [0.4, 0.5) is 5.69 Å². The number of carbonyl (C=O) groups excluding carboxylic acids is 1. The summed E-state index contributed by atoms with van der Waals surface area (Å²) in [7, 11) is -0.586. The van der Waals surface area contributed by atoms with Crippen molar-refractivity contribution >= 4 is 36.4 Å². The lowest BCUT2D eigenvalue weighted by Gasteiger charge is -2.32. The zero-order valence-electron chi connectivity index (χ0n) is 14.8. The molecule has 0 unspecified atom stereocenters. The second-order valence-electron chi connectivity index (χ2n) is 6.96. The van der Waals surface area contributed by atoms with E-state index in [4.69, 9.17) is 26.6 Å². The lowest BCUT2D eigenvalue weighted by atomic mass is 9.76. The quantitative estimate of drug-likeness (QED) is 0.646. The number of benzene rings is 1. The summed E-state index contributed by atoms with van der Waals surface area (Å²) in [4.78, 5) is 11.3. The molecule has 0 bridgehead atoms. The van der Waals surface area contributed by atoms with Crippen molar-refractivity contribution in [2.45, 2.75) is 45.8 Å². The molecular weight excluding hydrogens is 326 g/mol. The Morgan fingerprint density at radius 1 is 1.29 bits per heavy atom. The first-order chi connectivity index (χ1) is 11.0. The summed E-state index contributed by atoms with van der Waals surface area (Å²) in [6.07, 6.45) is 1.83. The minimum atomic E-state index is -0.586. The van der Waals surface area contributed by atoms with Crippen molar-refractivity contribution in [1.82, 2.24) is 5.32 Å². The largest absolute Gasteiger partial charge is 0.492 e. The van der Waals surface area contributed by atoms with Crippen LogP contribution < -0.4 is 11.1 Å². The van der Waals surface area contributed by atoms with E-state index >= 15 is 0 Å². The molecule has 24 heavy (non-hydrogen) atoms. The molecule has 1 heterocycles. The average Bonchev–Trinajstić information content (AvgIpc) is 2.65. The van der Waals surface area contributed by atoms with Gasteiger partial charge in [-0.05, 0) is 45.3 Å². The van der Waals surface area contributed by atoms with Gasteiger partial charge in [0, 0.05) is 29.7 Å². The average molecular weight is 351 g/mol. The minimum Gasteiger partial charge on any atom is -0.400 e.